The molecule has 4 saturated carbocycles. The van der Waals surface area contributed by atoms with Gasteiger partial charge in [0.15, 0.2) is 0 Å². The minimum absolute atomic E-state index is 0.324. The topological polar surface area (TPSA) is 82.5 Å². The van der Waals surface area contributed by atoms with Gasteiger partial charge < -0.3 is 25.4 Å². The second-order valence-corrected chi connectivity index (χ2v) is 10.1. The lowest BCUT2D eigenvalue weighted by atomic mass is 9.52. The molecule has 32 heavy (non-hydrogen) atoms. The van der Waals surface area contributed by atoms with E-state index < -0.39 is 5.60 Å². The van der Waals surface area contributed by atoms with Crippen molar-refractivity contribution in [3.63, 3.8) is 0 Å². The van der Waals surface area contributed by atoms with Gasteiger partial charge in [0.25, 0.3) is 0 Å². The van der Waals surface area contributed by atoms with Crippen LogP contribution in [0.15, 0.2) is 30.5 Å². The Morgan fingerprint density at radius 2 is 1.78 bits per heavy atom. The Labute approximate surface area is 190 Å². The fourth-order valence-corrected chi connectivity index (χ4v) is 6.65. The number of nitrogens with zero attached hydrogens (tertiary/aromatic N) is 3. The molecule has 166 valence electrons. The first-order valence-electron chi connectivity index (χ1n) is 11.9. The molecule has 5 fully saturated rings. The third-order valence-corrected chi connectivity index (χ3v) is 7.86. The van der Waals surface area contributed by atoms with Gasteiger partial charge in [-0.1, -0.05) is 0 Å². The molecule has 2 unspecified atom stereocenters. The van der Waals surface area contributed by atoms with E-state index in [4.69, 9.17) is 17.6 Å². The number of rotatable bonds is 5. The molecule has 2 heterocycles. The highest BCUT2D eigenvalue weighted by molar-refractivity contribution is 6.35. The summed E-state index contributed by atoms with van der Waals surface area (Å²) < 4.78 is 5.44. The highest BCUT2D eigenvalue weighted by atomic mass is 16.5. The van der Waals surface area contributed by atoms with Crippen LogP contribution in [-0.2, 0) is 4.74 Å². The molecule has 5 aliphatic rings. The normalized spacial score (nSPS) is 33.3. The first-order chi connectivity index (χ1) is 15.5. The molecule has 1 aliphatic heterocycles. The summed E-state index contributed by atoms with van der Waals surface area (Å²) in [5.74, 6) is 2.88. The largest absolute Gasteiger partial charge is 0.390 e. The molecule has 2 radical (unpaired) electrons. The van der Waals surface area contributed by atoms with Crippen molar-refractivity contribution in [1.29, 1.82) is 0 Å². The standard InChI is InChI=1S/C24H30BN5O2/c25-20-14-26-23(27-18-1-3-19(4-2-18)30-5-7-32-8-6-30)29-22(20)28-21-16-9-15-10-17(21)13-24(31,11-15)12-16/h1-4,14-17,21,31H,5-13H2,(H2,26,27,28,29). The third-order valence-electron chi connectivity index (χ3n) is 7.86. The van der Waals surface area contributed by atoms with Gasteiger partial charge in [0.1, 0.15) is 13.7 Å². The summed E-state index contributed by atoms with van der Waals surface area (Å²) in [4.78, 5) is 11.4. The van der Waals surface area contributed by atoms with Gasteiger partial charge in [-0.05, 0) is 79.6 Å². The van der Waals surface area contributed by atoms with E-state index in [0.717, 1.165) is 51.3 Å². The van der Waals surface area contributed by atoms with Crippen molar-refractivity contribution >= 4 is 36.5 Å². The van der Waals surface area contributed by atoms with E-state index in [0.29, 0.717) is 41.0 Å². The van der Waals surface area contributed by atoms with Gasteiger partial charge in [0.2, 0.25) is 5.95 Å². The van der Waals surface area contributed by atoms with E-state index in [1.807, 2.05) is 0 Å². The Kier molecular flexibility index (Phi) is 5.03. The summed E-state index contributed by atoms with van der Waals surface area (Å²) in [5, 5.41) is 17.8. The maximum atomic E-state index is 10.9. The van der Waals surface area contributed by atoms with Crippen LogP contribution in [0.4, 0.5) is 23.1 Å². The number of morpholine rings is 1. The quantitative estimate of drug-likeness (QED) is 0.627. The van der Waals surface area contributed by atoms with Crippen LogP contribution in [0.25, 0.3) is 0 Å². The fraction of sp³-hybridized carbons (Fsp3) is 0.583. The number of benzene rings is 1. The van der Waals surface area contributed by atoms with Crippen LogP contribution in [0.5, 0.6) is 0 Å². The number of hydrogen-bond acceptors (Lipinski definition) is 7. The molecule has 8 heteroatoms. The minimum atomic E-state index is -0.438. The number of nitrogens with one attached hydrogen (secondary N) is 2. The van der Waals surface area contributed by atoms with Gasteiger partial charge in [-0.2, -0.15) is 4.98 Å². The molecule has 3 N–H and O–H groups in total. The van der Waals surface area contributed by atoms with Gasteiger partial charge >= 0.3 is 0 Å². The van der Waals surface area contributed by atoms with E-state index in [1.165, 1.54) is 18.5 Å². The molecule has 1 aromatic heterocycles. The first kappa shape index (κ1) is 20.3. The van der Waals surface area contributed by atoms with Crippen molar-refractivity contribution in [1.82, 2.24) is 9.97 Å². The second kappa shape index (κ2) is 7.92. The molecule has 0 amide bonds. The van der Waals surface area contributed by atoms with Gasteiger partial charge in [0, 0.05) is 36.7 Å². The molecule has 4 bridgehead atoms. The van der Waals surface area contributed by atoms with Crippen molar-refractivity contribution in [3.8, 4) is 0 Å². The average molecular weight is 431 g/mol. The van der Waals surface area contributed by atoms with Gasteiger partial charge in [-0.15, -0.1) is 0 Å². The number of anilines is 4. The van der Waals surface area contributed by atoms with Crippen LogP contribution < -0.4 is 21.0 Å². The summed E-state index contributed by atoms with van der Waals surface area (Å²) in [6.07, 6.45) is 6.83. The second-order valence-electron chi connectivity index (χ2n) is 10.1. The molecule has 4 aliphatic carbocycles. The van der Waals surface area contributed by atoms with Crippen LogP contribution in [0.1, 0.15) is 32.1 Å². The lowest BCUT2D eigenvalue weighted by Gasteiger charge is -2.58. The molecule has 7 nitrogen and oxygen atoms in total. The molecule has 1 aromatic carbocycles. The van der Waals surface area contributed by atoms with Crippen molar-refractivity contribution in [2.75, 3.05) is 41.8 Å². The van der Waals surface area contributed by atoms with Crippen LogP contribution in [0, 0.1) is 17.8 Å². The van der Waals surface area contributed by atoms with Crippen LogP contribution in [0.3, 0.4) is 0 Å². The third kappa shape index (κ3) is 3.84. The van der Waals surface area contributed by atoms with E-state index in [-0.39, 0.29) is 0 Å². The molecule has 0 spiro atoms. The van der Waals surface area contributed by atoms with Crippen LogP contribution in [0.2, 0.25) is 0 Å². The summed E-state index contributed by atoms with van der Waals surface area (Å²) >= 11 is 0. The van der Waals surface area contributed by atoms with Crippen molar-refractivity contribution < 1.29 is 9.84 Å². The first-order valence-corrected chi connectivity index (χ1v) is 11.9. The molecule has 7 rings (SSSR count). The average Bonchev–Trinajstić information content (AvgIpc) is 2.78. The maximum Gasteiger partial charge on any atom is 0.229 e. The highest BCUT2D eigenvalue weighted by Gasteiger charge is 2.54. The molecule has 2 atom stereocenters. The molecular weight excluding hydrogens is 401 g/mol. The summed E-state index contributed by atoms with van der Waals surface area (Å²) in [5.41, 5.74) is 2.26. The Bertz CT molecular complexity index is 965. The SMILES string of the molecule is [B]c1cnc(Nc2ccc(N3CCOCC3)cc2)nc1NC1C2CC3CC1CC(O)(C3)C2. The summed E-state index contributed by atoms with van der Waals surface area (Å²) in [6, 6.07) is 8.66. The number of aliphatic hydroxyl groups is 1. The minimum Gasteiger partial charge on any atom is -0.390 e. The van der Waals surface area contributed by atoms with Gasteiger partial charge in [-0.25, -0.2) is 4.98 Å². The molecule has 2 aromatic rings. The van der Waals surface area contributed by atoms with Gasteiger partial charge in [-0.3, -0.25) is 0 Å². The smallest absolute Gasteiger partial charge is 0.229 e. The van der Waals surface area contributed by atoms with Crippen molar-refractivity contribution in [2.45, 2.75) is 43.7 Å². The monoisotopic (exact) mass is 431 g/mol. The van der Waals surface area contributed by atoms with E-state index in [2.05, 4.69) is 44.8 Å². The van der Waals surface area contributed by atoms with E-state index in [9.17, 15) is 5.11 Å². The highest BCUT2D eigenvalue weighted by Crippen LogP contribution is 2.56. The Balaban J connectivity index is 1.15. The molecular formula is C24H30BN5O2. The zero-order chi connectivity index (χ0) is 21.7. The number of ether oxygens (including phenoxy) is 1. The summed E-state index contributed by atoms with van der Waals surface area (Å²) in [7, 11) is 6.23. The molecule has 1 saturated heterocycles. The summed E-state index contributed by atoms with van der Waals surface area (Å²) in [6.45, 7) is 3.39. The number of aromatic nitrogens is 2. The lowest BCUT2D eigenvalue weighted by Crippen LogP contribution is -2.59. The predicted molar refractivity (Wildman–Crippen MR) is 126 cm³/mol. The van der Waals surface area contributed by atoms with Crippen molar-refractivity contribution in [2.24, 2.45) is 17.8 Å². The fourth-order valence-electron chi connectivity index (χ4n) is 6.65. The van der Waals surface area contributed by atoms with Crippen LogP contribution in [-0.4, -0.2) is 60.9 Å². The Morgan fingerprint density at radius 1 is 1.06 bits per heavy atom. The Morgan fingerprint density at radius 3 is 2.47 bits per heavy atom. The zero-order valence-corrected chi connectivity index (χ0v) is 18.3. The lowest BCUT2D eigenvalue weighted by molar-refractivity contribution is -0.129. The Hall–Kier alpha value is -2.32. The van der Waals surface area contributed by atoms with E-state index in [1.54, 1.807) is 6.20 Å². The van der Waals surface area contributed by atoms with Gasteiger partial charge in [0.05, 0.1) is 18.8 Å². The maximum absolute atomic E-state index is 10.9. The number of hydrogen-bond donors (Lipinski definition) is 3. The zero-order valence-electron chi connectivity index (χ0n) is 18.3. The van der Waals surface area contributed by atoms with E-state index >= 15 is 0 Å². The van der Waals surface area contributed by atoms with Crippen LogP contribution >= 0.6 is 0 Å². The van der Waals surface area contributed by atoms with Crippen molar-refractivity contribution in [3.05, 3.63) is 30.5 Å². The predicted octanol–water partition coefficient (Wildman–Crippen LogP) is 2.20.